The largest absolute Gasteiger partial charge is 0.549 e. The molecule has 1 aromatic rings. The fourth-order valence-corrected chi connectivity index (χ4v) is 2.74. The first-order valence-corrected chi connectivity index (χ1v) is 7.07. The van der Waals surface area contributed by atoms with Gasteiger partial charge in [0, 0.05) is 18.1 Å². The van der Waals surface area contributed by atoms with Gasteiger partial charge >= 0.3 is 6.18 Å². The van der Waals surface area contributed by atoms with Gasteiger partial charge in [-0.05, 0) is 6.07 Å². The molecule has 0 spiro atoms. The number of carbonyl (C=O) groups is 1. The number of alkyl halides is 4. The predicted molar refractivity (Wildman–Crippen MR) is 72.6 cm³/mol. The molecule has 13 heteroatoms. The Kier molecular flexibility index (Phi) is 5.23. The second-order valence-corrected chi connectivity index (χ2v) is 5.65. The predicted octanol–water partition coefficient (Wildman–Crippen LogP) is 3.55. The lowest BCUT2D eigenvalue weighted by atomic mass is 9.72. The molecule has 1 aliphatic carbocycles. The van der Waals surface area contributed by atoms with Crippen LogP contribution in [0.4, 0.5) is 40.8 Å². The molecule has 0 bridgehead atoms. The molecule has 2 rings (SSSR count). The molecule has 0 fully saturated rings. The molecule has 0 saturated carbocycles. The van der Waals surface area contributed by atoms with E-state index in [0.717, 1.165) is 0 Å². The average Bonchev–Trinajstić information content (AvgIpc) is 2.60. The van der Waals surface area contributed by atoms with Gasteiger partial charge in [0.1, 0.15) is 5.41 Å². The van der Waals surface area contributed by atoms with Gasteiger partial charge < -0.3 is 9.90 Å². The number of nitro benzene ring substituents is 1. The lowest BCUT2D eigenvalue weighted by Gasteiger charge is -2.38. The maximum atomic E-state index is 14.3. The van der Waals surface area contributed by atoms with Gasteiger partial charge in [0.2, 0.25) is 0 Å². The number of carboxylic acid groups (broad SMARTS) is 1. The Hall–Kier alpha value is -2.99. The summed E-state index contributed by atoms with van der Waals surface area (Å²) in [5, 5.41) is 22.4. The molecule has 0 aliphatic heterocycles. The van der Waals surface area contributed by atoms with Crippen molar-refractivity contribution in [2.75, 3.05) is 0 Å². The number of allylic oxidation sites excluding steroid dienone is 3. The molecule has 5 nitrogen and oxygen atoms in total. The number of hydrogen-bond acceptors (Lipinski definition) is 4. The van der Waals surface area contributed by atoms with Crippen LogP contribution in [0.5, 0.6) is 0 Å². The minimum absolute atomic E-state index is 0.228. The van der Waals surface area contributed by atoms with Gasteiger partial charge in [0.25, 0.3) is 5.69 Å². The summed E-state index contributed by atoms with van der Waals surface area (Å²) in [4.78, 5) is 21.0. The Morgan fingerprint density at radius 3 is 2.18 bits per heavy atom. The number of carboxylic acids is 1. The maximum Gasteiger partial charge on any atom is 0.416 e. The molecule has 2 unspecified atom stereocenters. The number of benzene rings is 1. The van der Waals surface area contributed by atoms with Crippen molar-refractivity contribution in [3.05, 3.63) is 62.7 Å². The van der Waals surface area contributed by atoms with Gasteiger partial charge in [-0.15, -0.1) is 0 Å². The SMILES string of the molecule is O=C([O-])C1(Cc2c([N+](=O)[O-])cccc2C(F)(F)F)C(F)=C(F)C(F)=C(F)C1F. The van der Waals surface area contributed by atoms with E-state index in [4.69, 9.17) is 0 Å². The molecular formula is C15H6F8NO4-. The Morgan fingerprint density at radius 2 is 1.71 bits per heavy atom. The number of rotatable bonds is 4. The molecule has 0 saturated heterocycles. The van der Waals surface area contributed by atoms with Crippen LogP contribution in [-0.4, -0.2) is 17.1 Å². The third kappa shape index (κ3) is 3.10. The highest BCUT2D eigenvalue weighted by atomic mass is 19.4. The molecular weight excluding hydrogens is 410 g/mol. The van der Waals surface area contributed by atoms with E-state index in [9.17, 15) is 55.1 Å². The third-order valence-electron chi connectivity index (χ3n) is 4.12. The average molecular weight is 416 g/mol. The Balaban J connectivity index is 2.85. The highest BCUT2D eigenvalue weighted by molar-refractivity contribution is 5.80. The monoisotopic (exact) mass is 416 g/mol. The van der Waals surface area contributed by atoms with E-state index >= 15 is 0 Å². The van der Waals surface area contributed by atoms with Crippen molar-refractivity contribution in [2.24, 2.45) is 5.41 Å². The van der Waals surface area contributed by atoms with Crippen LogP contribution in [-0.2, 0) is 17.4 Å². The van der Waals surface area contributed by atoms with Crippen molar-refractivity contribution >= 4 is 11.7 Å². The van der Waals surface area contributed by atoms with Gasteiger partial charge in [-0.3, -0.25) is 10.1 Å². The molecule has 2 atom stereocenters. The lowest BCUT2D eigenvalue weighted by Crippen LogP contribution is -2.52. The summed E-state index contributed by atoms with van der Waals surface area (Å²) in [7, 11) is 0. The molecule has 28 heavy (non-hydrogen) atoms. The topological polar surface area (TPSA) is 83.3 Å². The van der Waals surface area contributed by atoms with E-state index in [1.165, 1.54) is 0 Å². The van der Waals surface area contributed by atoms with Crippen molar-refractivity contribution in [3.63, 3.8) is 0 Å². The van der Waals surface area contributed by atoms with Crippen LogP contribution >= 0.6 is 0 Å². The Labute approximate surface area is 149 Å². The van der Waals surface area contributed by atoms with E-state index in [0.29, 0.717) is 12.1 Å². The van der Waals surface area contributed by atoms with E-state index in [1.54, 1.807) is 0 Å². The molecule has 1 aliphatic rings. The molecule has 1 aromatic carbocycles. The third-order valence-corrected chi connectivity index (χ3v) is 4.12. The summed E-state index contributed by atoms with van der Waals surface area (Å²) in [6, 6.07) is 1.23. The second-order valence-electron chi connectivity index (χ2n) is 5.65. The number of nitro groups is 1. The number of aliphatic carboxylic acids is 1. The van der Waals surface area contributed by atoms with Crippen LogP contribution < -0.4 is 5.11 Å². The normalized spacial score (nSPS) is 23.2. The van der Waals surface area contributed by atoms with Gasteiger partial charge in [0.05, 0.1) is 16.5 Å². The summed E-state index contributed by atoms with van der Waals surface area (Å²) in [6.07, 6.45) is -11.3. The molecule has 0 radical (unpaired) electrons. The van der Waals surface area contributed by atoms with Crippen LogP contribution in [0.25, 0.3) is 0 Å². The van der Waals surface area contributed by atoms with E-state index < -0.39 is 75.2 Å². The number of hydrogen-bond donors (Lipinski definition) is 0. The smallest absolute Gasteiger partial charge is 0.416 e. The number of carbonyl (C=O) groups excluding carboxylic acids is 1. The van der Waals surface area contributed by atoms with Crippen LogP contribution in [0.3, 0.4) is 0 Å². The standard InChI is InChI=1S/C15H7F8NO4/c16-8-9(17)11(19)14(13(25)26,12(20)10(8)18)4-5-6(15(21,22)23)2-1-3-7(5)24(27)28/h1-3,11H,4H2,(H,25,26)/p-1. The zero-order valence-corrected chi connectivity index (χ0v) is 13.1. The van der Waals surface area contributed by atoms with E-state index in [-0.39, 0.29) is 6.07 Å². The summed E-state index contributed by atoms with van der Waals surface area (Å²) in [5.41, 5.74) is -9.02. The number of nitrogens with zero attached hydrogens (tertiary/aromatic N) is 1. The van der Waals surface area contributed by atoms with Crippen LogP contribution in [0, 0.1) is 15.5 Å². The van der Waals surface area contributed by atoms with Crippen molar-refractivity contribution in [2.45, 2.75) is 18.8 Å². The van der Waals surface area contributed by atoms with Gasteiger partial charge in [-0.25, -0.2) is 22.0 Å². The fourth-order valence-electron chi connectivity index (χ4n) is 2.74. The fraction of sp³-hybridized carbons (Fsp3) is 0.267. The molecule has 0 heterocycles. The Bertz CT molecular complexity index is 923. The summed E-state index contributed by atoms with van der Waals surface area (Å²) >= 11 is 0. The van der Waals surface area contributed by atoms with Crippen molar-refractivity contribution in [3.8, 4) is 0 Å². The maximum absolute atomic E-state index is 14.3. The summed E-state index contributed by atoms with van der Waals surface area (Å²) < 4.78 is 108. The molecule has 152 valence electrons. The van der Waals surface area contributed by atoms with Crippen LogP contribution in [0.15, 0.2) is 41.5 Å². The van der Waals surface area contributed by atoms with Crippen molar-refractivity contribution < 1.29 is 49.9 Å². The van der Waals surface area contributed by atoms with E-state index in [1.807, 2.05) is 0 Å². The summed E-state index contributed by atoms with van der Waals surface area (Å²) in [5.74, 6) is -14.0. The first-order chi connectivity index (χ1) is 12.8. The zero-order valence-electron chi connectivity index (χ0n) is 13.1. The Morgan fingerprint density at radius 1 is 1.14 bits per heavy atom. The molecule has 0 aromatic heterocycles. The van der Waals surface area contributed by atoms with Gasteiger partial charge in [0.15, 0.2) is 29.5 Å². The van der Waals surface area contributed by atoms with Crippen molar-refractivity contribution in [1.29, 1.82) is 0 Å². The van der Waals surface area contributed by atoms with Gasteiger partial charge in [-0.2, -0.15) is 13.2 Å². The van der Waals surface area contributed by atoms with Crippen LogP contribution in [0.2, 0.25) is 0 Å². The first kappa shape index (κ1) is 21.3. The van der Waals surface area contributed by atoms with E-state index in [2.05, 4.69) is 0 Å². The van der Waals surface area contributed by atoms with Gasteiger partial charge in [-0.1, -0.05) is 6.07 Å². The summed E-state index contributed by atoms with van der Waals surface area (Å²) in [6.45, 7) is 0. The molecule has 0 amide bonds. The number of halogens is 8. The second kappa shape index (κ2) is 6.87. The highest BCUT2D eigenvalue weighted by Crippen LogP contribution is 2.51. The van der Waals surface area contributed by atoms with Crippen molar-refractivity contribution in [1.82, 2.24) is 0 Å². The quantitative estimate of drug-likeness (QED) is 0.427. The van der Waals surface area contributed by atoms with Crippen LogP contribution in [0.1, 0.15) is 11.1 Å². The zero-order chi connectivity index (χ0) is 21.6. The minimum atomic E-state index is -5.37. The first-order valence-electron chi connectivity index (χ1n) is 7.07. The lowest BCUT2D eigenvalue weighted by molar-refractivity contribution is -0.386. The highest BCUT2D eigenvalue weighted by Gasteiger charge is 2.56. The molecule has 0 N–H and O–H groups in total. The minimum Gasteiger partial charge on any atom is -0.549 e.